The molecular formula is C20H27NO4S. The van der Waals surface area contributed by atoms with E-state index in [0.717, 1.165) is 10.4 Å². The van der Waals surface area contributed by atoms with Gasteiger partial charge in [-0.25, -0.2) is 0 Å². The summed E-state index contributed by atoms with van der Waals surface area (Å²) in [6.07, 6.45) is -0.435. The second-order valence-electron chi connectivity index (χ2n) is 5.80. The van der Waals surface area contributed by atoms with Crippen LogP contribution < -0.4 is 9.47 Å². The molecule has 0 saturated heterocycles. The molecule has 0 bridgehead atoms. The van der Waals surface area contributed by atoms with Crippen LogP contribution in [-0.4, -0.2) is 37.2 Å². The maximum atomic E-state index is 12.5. The third kappa shape index (κ3) is 5.47. The van der Waals surface area contributed by atoms with E-state index in [9.17, 15) is 4.79 Å². The summed E-state index contributed by atoms with van der Waals surface area (Å²) in [5.41, 5.74) is 0.990. The van der Waals surface area contributed by atoms with Gasteiger partial charge in [-0.1, -0.05) is 12.1 Å². The summed E-state index contributed by atoms with van der Waals surface area (Å²) in [6.45, 7) is 7.81. The molecular weight excluding hydrogens is 350 g/mol. The highest BCUT2D eigenvalue weighted by Gasteiger charge is 2.20. The number of hydrogen-bond acceptors (Lipinski definition) is 5. The molecule has 0 aliphatic rings. The molecule has 0 spiro atoms. The van der Waals surface area contributed by atoms with Crippen LogP contribution in [0.1, 0.15) is 31.2 Å². The van der Waals surface area contributed by atoms with E-state index in [1.807, 2.05) is 49.6 Å². The Bertz CT molecular complexity index is 687. The summed E-state index contributed by atoms with van der Waals surface area (Å²) < 4.78 is 16.7. The van der Waals surface area contributed by atoms with E-state index in [1.54, 1.807) is 30.3 Å². The topological polar surface area (TPSA) is 48.0 Å². The van der Waals surface area contributed by atoms with Crippen LogP contribution in [0.25, 0.3) is 0 Å². The van der Waals surface area contributed by atoms with Crippen molar-refractivity contribution in [3.63, 3.8) is 0 Å². The van der Waals surface area contributed by atoms with Gasteiger partial charge in [0.2, 0.25) is 0 Å². The fraction of sp³-hybridized carbons (Fsp3) is 0.450. The van der Waals surface area contributed by atoms with E-state index < -0.39 is 6.10 Å². The summed E-state index contributed by atoms with van der Waals surface area (Å²) in [5.74, 6) is 1.36. The highest BCUT2D eigenvalue weighted by Crippen LogP contribution is 2.29. The molecule has 1 aromatic heterocycles. The standard InChI is InChI=1S/C20H27NO4S/c1-5-21(20(22)15(3)24-6-2)13-16-9-10-18(19(12-16)23-4)25-14-17-8-7-11-26-17/h7-12,15H,5-6,13-14H2,1-4H3. The van der Waals surface area contributed by atoms with Crippen molar-refractivity contribution in [3.8, 4) is 11.5 Å². The molecule has 6 heteroatoms. The van der Waals surface area contributed by atoms with E-state index in [0.29, 0.717) is 37.8 Å². The molecule has 26 heavy (non-hydrogen) atoms. The monoisotopic (exact) mass is 377 g/mol. The Labute approximate surface area is 159 Å². The Balaban J connectivity index is 2.05. The average molecular weight is 378 g/mol. The fourth-order valence-electron chi connectivity index (χ4n) is 2.62. The van der Waals surface area contributed by atoms with Gasteiger partial charge in [0.15, 0.2) is 11.5 Å². The van der Waals surface area contributed by atoms with Gasteiger partial charge >= 0.3 is 0 Å². The lowest BCUT2D eigenvalue weighted by molar-refractivity contribution is -0.142. The number of likely N-dealkylation sites (N-methyl/N-ethyl adjacent to an activating group) is 1. The smallest absolute Gasteiger partial charge is 0.251 e. The zero-order valence-corrected chi connectivity index (χ0v) is 16.7. The van der Waals surface area contributed by atoms with Crippen LogP contribution in [0, 0.1) is 0 Å². The Hall–Kier alpha value is -2.05. The Kier molecular flexibility index (Phi) is 7.94. The summed E-state index contributed by atoms with van der Waals surface area (Å²) in [5, 5.41) is 2.03. The van der Waals surface area contributed by atoms with Crippen molar-refractivity contribution in [2.24, 2.45) is 0 Å². The molecule has 0 aliphatic carbocycles. The van der Waals surface area contributed by atoms with Crippen LogP contribution >= 0.6 is 11.3 Å². The number of amides is 1. The predicted octanol–water partition coefficient (Wildman–Crippen LogP) is 4.11. The van der Waals surface area contributed by atoms with Gasteiger partial charge in [0, 0.05) is 24.6 Å². The first-order valence-electron chi connectivity index (χ1n) is 8.81. The van der Waals surface area contributed by atoms with Gasteiger partial charge in [-0.2, -0.15) is 0 Å². The van der Waals surface area contributed by atoms with Gasteiger partial charge in [-0.15, -0.1) is 11.3 Å². The van der Waals surface area contributed by atoms with Crippen molar-refractivity contribution >= 4 is 17.2 Å². The van der Waals surface area contributed by atoms with Gasteiger partial charge in [0.1, 0.15) is 12.7 Å². The van der Waals surface area contributed by atoms with E-state index in [4.69, 9.17) is 14.2 Å². The first-order chi connectivity index (χ1) is 12.6. The molecule has 2 aromatic rings. The van der Waals surface area contributed by atoms with Crippen molar-refractivity contribution in [2.75, 3.05) is 20.3 Å². The molecule has 2 rings (SSSR count). The number of nitrogens with zero attached hydrogens (tertiary/aromatic N) is 1. The van der Waals surface area contributed by atoms with Crippen LogP contribution in [-0.2, 0) is 22.7 Å². The second-order valence-corrected chi connectivity index (χ2v) is 6.84. The lowest BCUT2D eigenvalue weighted by Crippen LogP contribution is -2.38. The summed E-state index contributed by atoms with van der Waals surface area (Å²) in [7, 11) is 1.62. The average Bonchev–Trinajstić information content (AvgIpc) is 3.18. The number of carbonyl (C=O) groups excluding carboxylic acids is 1. The van der Waals surface area contributed by atoms with Crippen molar-refractivity contribution < 1.29 is 19.0 Å². The molecule has 5 nitrogen and oxygen atoms in total. The largest absolute Gasteiger partial charge is 0.493 e. The van der Waals surface area contributed by atoms with E-state index in [-0.39, 0.29) is 5.91 Å². The lowest BCUT2D eigenvalue weighted by Gasteiger charge is -2.24. The van der Waals surface area contributed by atoms with E-state index >= 15 is 0 Å². The molecule has 0 N–H and O–H groups in total. The minimum atomic E-state index is -0.435. The van der Waals surface area contributed by atoms with Crippen LogP contribution in [0.5, 0.6) is 11.5 Å². The maximum absolute atomic E-state index is 12.5. The van der Waals surface area contributed by atoms with Gasteiger partial charge in [-0.05, 0) is 49.9 Å². The molecule has 1 atom stereocenters. The highest BCUT2D eigenvalue weighted by atomic mass is 32.1. The number of ether oxygens (including phenoxy) is 3. The molecule has 0 radical (unpaired) electrons. The minimum absolute atomic E-state index is 0.00802. The first kappa shape index (κ1) is 20.3. The predicted molar refractivity (Wildman–Crippen MR) is 104 cm³/mol. The zero-order chi connectivity index (χ0) is 18.9. The normalized spacial score (nSPS) is 11.8. The quantitative estimate of drug-likeness (QED) is 0.625. The molecule has 142 valence electrons. The third-order valence-corrected chi connectivity index (χ3v) is 4.86. The Morgan fingerprint density at radius 1 is 1.23 bits per heavy atom. The second kappa shape index (κ2) is 10.2. The Morgan fingerprint density at radius 3 is 2.65 bits per heavy atom. The Morgan fingerprint density at radius 2 is 2.04 bits per heavy atom. The van der Waals surface area contributed by atoms with E-state index in [2.05, 4.69) is 0 Å². The number of carbonyl (C=O) groups is 1. The molecule has 0 fully saturated rings. The van der Waals surface area contributed by atoms with Crippen molar-refractivity contribution in [3.05, 3.63) is 46.2 Å². The van der Waals surface area contributed by atoms with Gasteiger partial charge < -0.3 is 19.1 Å². The molecule has 1 unspecified atom stereocenters. The van der Waals surface area contributed by atoms with Gasteiger partial charge in [-0.3, -0.25) is 4.79 Å². The molecule has 0 aliphatic heterocycles. The fourth-order valence-corrected chi connectivity index (χ4v) is 3.23. The number of benzene rings is 1. The summed E-state index contributed by atoms with van der Waals surface area (Å²) in [6, 6.07) is 9.82. The summed E-state index contributed by atoms with van der Waals surface area (Å²) in [4.78, 5) is 15.4. The third-order valence-electron chi connectivity index (χ3n) is 4.01. The molecule has 1 heterocycles. The number of thiophene rings is 1. The van der Waals surface area contributed by atoms with Crippen LogP contribution in [0.3, 0.4) is 0 Å². The zero-order valence-electron chi connectivity index (χ0n) is 15.9. The maximum Gasteiger partial charge on any atom is 0.251 e. The lowest BCUT2D eigenvalue weighted by atomic mass is 10.1. The minimum Gasteiger partial charge on any atom is -0.493 e. The SMILES string of the molecule is CCOC(C)C(=O)N(CC)Cc1ccc(OCc2cccs2)c(OC)c1. The molecule has 0 saturated carbocycles. The van der Waals surface area contributed by atoms with Crippen molar-refractivity contribution in [1.29, 1.82) is 0 Å². The van der Waals surface area contributed by atoms with E-state index in [1.165, 1.54) is 0 Å². The van der Waals surface area contributed by atoms with Crippen molar-refractivity contribution in [2.45, 2.75) is 40.0 Å². The first-order valence-corrected chi connectivity index (χ1v) is 9.69. The number of hydrogen-bond donors (Lipinski definition) is 0. The summed E-state index contributed by atoms with van der Waals surface area (Å²) >= 11 is 1.66. The number of methoxy groups -OCH3 is 1. The van der Waals surface area contributed by atoms with Crippen LogP contribution in [0.2, 0.25) is 0 Å². The van der Waals surface area contributed by atoms with Gasteiger partial charge in [0.25, 0.3) is 5.91 Å². The van der Waals surface area contributed by atoms with Crippen LogP contribution in [0.4, 0.5) is 0 Å². The number of rotatable bonds is 10. The van der Waals surface area contributed by atoms with Gasteiger partial charge in [0.05, 0.1) is 7.11 Å². The molecule has 1 aromatic carbocycles. The highest BCUT2D eigenvalue weighted by molar-refractivity contribution is 7.09. The van der Waals surface area contributed by atoms with Crippen LogP contribution in [0.15, 0.2) is 35.7 Å². The van der Waals surface area contributed by atoms with Crippen molar-refractivity contribution in [1.82, 2.24) is 4.90 Å². The molecule has 1 amide bonds.